The minimum Gasteiger partial charge on any atom is -0.497 e. The lowest BCUT2D eigenvalue weighted by Gasteiger charge is -2.20. The summed E-state index contributed by atoms with van der Waals surface area (Å²) in [7, 11) is 5.04. The van der Waals surface area contributed by atoms with E-state index in [-0.39, 0.29) is 5.92 Å². The zero-order chi connectivity index (χ0) is 24.2. The first-order chi connectivity index (χ1) is 17.2. The Bertz CT molecular complexity index is 1350. The standard InChI is InChI=1S/C31H27NO3/c1-33-25-15-9-22(10-16-25)29-28(21-7-5-4-6-8-21)30(23-11-17-26(34-2)18-12-23)32-31(29)24-13-19-27(35-3)20-14-24/h4-20,28H,1-3H3. The third kappa shape index (κ3) is 4.43. The van der Waals surface area contributed by atoms with Gasteiger partial charge in [0.25, 0.3) is 0 Å². The Labute approximate surface area is 206 Å². The molecule has 1 aliphatic rings. The van der Waals surface area contributed by atoms with Crippen LogP contribution in [-0.2, 0) is 0 Å². The molecule has 0 spiro atoms. The fraction of sp³-hybridized carbons (Fsp3) is 0.129. The first-order valence-corrected chi connectivity index (χ1v) is 11.5. The summed E-state index contributed by atoms with van der Waals surface area (Å²) in [6.45, 7) is 0. The summed E-state index contributed by atoms with van der Waals surface area (Å²) in [6.07, 6.45) is 0. The molecule has 0 amide bonds. The monoisotopic (exact) mass is 461 g/mol. The van der Waals surface area contributed by atoms with E-state index < -0.39 is 0 Å². The Morgan fingerprint density at radius 1 is 0.514 bits per heavy atom. The Morgan fingerprint density at radius 3 is 1.46 bits per heavy atom. The van der Waals surface area contributed by atoms with Crippen molar-refractivity contribution < 1.29 is 14.2 Å². The van der Waals surface area contributed by atoms with E-state index in [0.29, 0.717) is 0 Å². The summed E-state index contributed by atoms with van der Waals surface area (Å²) in [5, 5.41) is 0. The molecular formula is C31H27NO3. The van der Waals surface area contributed by atoms with Crippen LogP contribution in [0, 0.1) is 0 Å². The molecule has 0 radical (unpaired) electrons. The molecule has 0 bridgehead atoms. The average molecular weight is 462 g/mol. The van der Waals surface area contributed by atoms with Gasteiger partial charge in [-0.15, -0.1) is 0 Å². The molecule has 0 saturated carbocycles. The van der Waals surface area contributed by atoms with Gasteiger partial charge in [-0.3, -0.25) is 4.99 Å². The number of nitrogens with zero attached hydrogens (tertiary/aromatic N) is 1. The van der Waals surface area contributed by atoms with Crippen LogP contribution < -0.4 is 14.2 Å². The number of hydrogen-bond acceptors (Lipinski definition) is 4. The van der Waals surface area contributed by atoms with Gasteiger partial charge in [-0.1, -0.05) is 42.5 Å². The van der Waals surface area contributed by atoms with Gasteiger partial charge in [0.2, 0.25) is 0 Å². The summed E-state index contributed by atoms with van der Waals surface area (Å²) in [4.78, 5) is 5.28. The molecule has 1 unspecified atom stereocenters. The summed E-state index contributed by atoms with van der Waals surface area (Å²) in [5.41, 5.74) is 7.53. The maximum atomic E-state index is 5.42. The Morgan fingerprint density at radius 2 is 0.971 bits per heavy atom. The normalized spacial score (nSPS) is 15.1. The highest BCUT2D eigenvalue weighted by molar-refractivity contribution is 6.21. The van der Waals surface area contributed by atoms with Crippen LogP contribution in [0.4, 0.5) is 0 Å². The lowest BCUT2D eigenvalue weighted by molar-refractivity contribution is 0.414. The third-order valence-electron chi connectivity index (χ3n) is 6.33. The first kappa shape index (κ1) is 22.5. The van der Waals surface area contributed by atoms with Crippen LogP contribution in [0.2, 0.25) is 0 Å². The number of allylic oxidation sites excluding steroid dienone is 1. The molecule has 1 aliphatic heterocycles. The van der Waals surface area contributed by atoms with Crippen molar-refractivity contribution in [3.8, 4) is 17.2 Å². The van der Waals surface area contributed by atoms with Gasteiger partial charge in [0.05, 0.1) is 38.7 Å². The number of benzene rings is 4. The van der Waals surface area contributed by atoms with Crippen LogP contribution in [0.15, 0.2) is 108 Å². The molecule has 4 aromatic rings. The van der Waals surface area contributed by atoms with E-state index in [4.69, 9.17) is 19.2 Å². The molecule has 0 fully saturated rings. The van der Waals surface area contributed by atoms with Crippen molar-refractivity contribution in [3.05, 3.63) is 125 Å². The molecule has 4 nitrogen and oxygen atoms in total. The molecule has 5 rings (SSSR count). The zero-order valence-electron chi connectivity index (χ0n) is 20.1. The molecule has 1 heterocycles. The van der Waals surface area contributed by atoms with E-state index in [1.165, 1.54) is 5.56 Å². The second-order valence-electron chi connectivity index (χ2n) is 8.29. The van der Waals surface area contributed by atoms with E-state index in [1.807, 2.05) is 42.5 Å². The number of aliphatic imine (C=N–C) groups is 1. The SMILES string of the molecule is COc1ccc(C2=NC(c3ccc(OC)cc3)=C(c3ccc(OC)cc3)C2c2ccccc2)cc1. The van der Waals surface area contributed by atoms with Gasteiger partial charge in [0, 0.05) is 5.56 Å². The lowest BCUT2D eigenvalue weighted by Crippen LogP contribution is -2.12. The van der Waals surface area contributed by atoms with Crippen LogP contribution in [0.25, 0.3) is 11.3 Å². The van der Waals surface area contributed by atoms with Gasteiger partial charge >= 0.3 is 0 Å². The molecular weight excluding hydrogens is 434 g/mol. The number of methoxy groups -OCH3 is 3. The molecule has 0 aliphatic carbocycles. The van der Waals surface area contributed by atoms with Gasteiger partial charge in [0.1, 0.15) is 17.2 Å². The fourth-order valence-corrected chi connectivity index (χ4v) is 4.52. The average Bonchev–Trinajstić information content (AvgIpc) is 3.34. The Kier molecular flexibility index (Phi) is 6.36. The van der Waals surface area contributed by atoms with Crippen molar-refractivity contribution in [2.45, 2.75) is 5.92 Å². The summed E-state index contributed by atoms with van der Waals surface area (Å²) in [6, 6.07) is 35.0. The summed E-state index contributed by atoms with van der Waals surface area (Å²) >= 11 is 0. The van der Waals surface area contributed by atoms with Gasteiger partial charge in [-0.05, 0) is 82.9 Å². The van der Waals surface area contributed by atoms with Crippen molar-refractivity contribution in [2.24, 2.45) is 4.99 Å². The summed E-state index contributed by atoms with van der Waals surface area (Å²) < 4.78 is 16.2. The van der Waals surface area contributed by atoms with Crippen molar-refractivity contribution in [3.63, 3.8) is 0 Å². The van der Waals surface area contributed by atoms with E-state index in [9.17, 15) is 0 Å². The third-order valence-corrected chi connectivity index (χ3v) is 6.33. The molecule has 4 aromatic carbocycles. The predicted molar refractivity (Wildman–Crippen MR) is 142 cm³/mol. The molecule has 0 N–H and O–H groups in total. The van der Waals surface area contributed by atoms with Crippen LogP contribution in [0.1, 0.15) is 28.2 Å². The largest absolute Gasteiger partial charge is 0.497 e. The van der Waals surface area contributed by atoms with Crippen LogP contribution in [-0.4, -0.2) is 27.0 Å². The van der Waals surface area contributed by atoms with E-state index in [2.05, 4.69) is 60.7 Å². The molecule has 4 heteroatoms. The minimum atomic E-state index is -0.0323. The second kappa shape index (κ2) is 9.90. The van der Waals surface area contributed by atoms with Gasteiger partial charge in [-0.2, -0.15) is 0 Å². The molecule has 35 heavy (non-hydrogen) atoms. The molecule has 0 saturated heterocycles. The Balaban J connectivity index is 1.73. The highest BCUT2D eigenvalue weighted by Gasteiger charge is 2.33. The highest BCUT2D eigenvalue weighted by Crippen LogP contribution is 2.46. The zero-order valence-corrected chi connectivity index (χ0v) is 20.1. The van der Waals surface area contributed by atoms with Crippen LogP contribution >= 0.6 is 0 Å². The maximum Gasteiger partial charge on any atom is 0.118 e. The first-order valence-electron chi connectivity index (χ1n) is 11.5. The number of hydrogen-bond donors (Lipinski definition) is 0. The van der Waals surface area contributed by atoms with Crippen LogP contribution in [0.3, 0.4) is 0 Å². The van der Waals surface area contributed by atoms with Gasteiger partial charge in [0.15, 0.2) is 0 Å². The molecule has 174 valence electrons. The maximum absolute atomic E-state index is 5.42. The fourth-order valence-electron chi connectivity index (χ4n) is 4.52. The van der Waals surface area contributed by atoms with Crippen LogP contribution in [0.5, 0.6) is 17.2 Å². The van der Waals surface area contributed by atoms with E-state index in [0.717, 1.165) is 50.9 Å². The molecule has 0 aromatic heterocycles. The second-order valence-corrected chi connectivity index (χ2v) is 8.29. The minimum absolute atomic E-state index is 0.0323. The van der Waals surface area contributed by atoms with Crippen molar-refractivity contribution in [2.75, 3.05) is 21.3 Å². The lowest BCUT2D eigenvalue weighted by atomic mass is 9.81. The smallest absolute Gasteiger partial charge is 0.118 e. The summed E-state index contributed by atoms with van der Waals surface area (Å²) in [5.74, 6) is 2.43. The van der Waals surface area contributed by atoms with E-state index >= 15 is 0 Å². The number of rotatable bonds is 7. The topological polar surface area (TPSA) is 40.0 Å². The Hall–Kier alpha value is -4.31. The van der Waals surface area contributed by atoms with E-state index in [1.54, 1.807) is 21.3 Å². The number of ether oxygens (including phenoxy) is 3. The predicted octanol–water partition coefficient (Wildman–Crippen LogP) is 6.87. The highest BCUT2D eigenvalue weighted by atomic mass is 16.5. The molecule has 1 atom stereocenters. The van der Waals surface area contributed by atoms with Gasteiger partial charge in [-0.25, -0.2) is 0 Å². The van der Waals surface area contributed by atoms with Crippen molar-refractivity contribution in [1.82, 2.24) is 0 Å². The van der Waals surface area contributed by atoms with Crippen molar-refractivity contribution >= 4 is 17.0 Å². The van der Waals surface area contributed by atoms with Gasteiger partial charge < -0.3 is 14.2 Å². The van der Waals surface area contributed by atoms with Crippen molar-refractivity contribution in [1.29, 1.82) is 0 Å². The quantitative estimate of drug-likeness (QED) is 0.302.